The van der Waals surface area contributed by atoms with Crippen LogP contribution in [0, 0.1) is 0 Å². The predicted molar refractivity (Wildman–Crippen MR) is 294 cm³/mol. The van der Waals surface area contributed by atoms with E-state index in [1.807, 2.05) is 0 Å². The van der Waals surface area contributed by atoms with Gasteiger partial charge in [0.1, 0.15) is 12.3 Å². The summed E-state index contributed by atoms with van der Waals surface area (Å²) in [5, 5.41) is 17.4. The van der Waals surface area contributed by atoms with Gasteiger partial charge in [-0.3, -0.25) is 0 Å². The maximum atomic E-state index is 3.76. The quantitative estimate of drug-likeness (QED) is 0.156. The van der Waals surface area contributed by atoms with Gasteiger partial charge in [-0.15, -0.1) is 0 Å². The number of hydrogen-bond acceptors (Lipinski definition) is 4. The van der Waals surface area contributed by atoms with Gasteiger partial charge in [-0.05, 0) is 134 Å². The van der Waals surface area contributed by atoms with E-state index in [0.717, 1.165) is 17.0 Å². The van der Waals surface area contributed by atoms with E-state index in [-0.39, 0.29) is 12.3 Å². The molecule has 0 amide bonds. The van der Waals surface area contributed by atoms with Crippen LogP contribution in [0.1, 0.15) is 16.7 Å². The van der Waals surface area contributed by atoms with Crippen molar-refractivity contribution >= 4 is 60.1 Å². The second-order valence-electron chi connectivity index (χ2n) is 18.6. The Labute approximate surface area is 407 Å². The van der Waals surface area contributed by atoms with Crippen molar-refractivity contribution in [3.63, 3.8) is 0 Å². The topological polar surface area (TPSA) is 30.5 Å². The summed E-state index contributed by atoms with van der Waals surface area (Å²) in [5.41, 5.74) is 16.9. The van der Waals surface area contributed by atoms with Crippen LogP contribution < -0.4 is 10.6 Å². The minimum atomic E-state index is 0.0790. The van der Waals surface area contributed by atoms with Crippen LogP contribution in [0.2, 0.25) is 0 Å². The molecule has 0 aromatic heterocycles. The summed E-state index contributed by atoms with van der Waals surface area (Å²) in [7, 11) is 0. The molecule has 2 unspecified atom stereocenters. The molecule has 70 heavy (non-hydrogen) atoms. The number of allylic oxidation sites excluding steroid dienone is 4. The van der Waals surface area contributed by atoms with E-state index >= 15 is 0 Å². The highest BCUT2D eigenvalue weighted by Crippen LogP contribution is 2.47. The summed E-state index contributed by atoms with van der Waals surface area (Å²) >= 11 is 0. The molecule has 2 atom stereocenters. The van der Waals surface area contributed by atoms with Gasteiger partial charge in [0.15, 0.2) is 0 Å². The molecule has 4 nitrogen and oxygen atoms in total. The molecule has 0 spiro atoms. The highest BCUT2D eigenvalue weighted by atomic mass is 15.3. The Bertz CT molecular complexity index is 3820. The van der Waals surface area contributed by atoms with Crippen LogP contribution >= 0.6 is 0 Å². The lowest BCUT2D eigenvalue weighted by Crippen LogP contribution is -2.32. The Morgan fingerprint density at radius 1 is 0.300 bits per heavy atom. The SMILES string of the molecule is C1=CC2NC(c3ccc(-c4c5ccccc5c(-c5ccc(-c6c7ccccc7c(-c7ccc(C8=CN9C=CC(c%10ccccc%10)=CC9N8)cc7)c7ccccc67)cc5)c5ccccc45)cc3)=CN2C=C1. The summed E-state index contributed by atoms with van der Waals surface area (Å²) in [6, 6.07) is 73.8. The van der Waals surface area contributed by atoms with Crippen LogP contribution in [-0.2, 0) is 0 Å². The molecule has 14 rings (SSSR count). The van der Waals surface area contributed by atoms with Crippen molar-refractivity contribution in [2.24, 2.45) is 0 Å². The minimum absolute atomic E-state index is 0.0790. The van der Waals surface area contributed by atoms with Crippen LogP contribution in [0.15, 0.2) is 255 Å². The first-order valence-corrected chi connectivity index (χ1v) is 24.2. The van der Waals surface area contributed by atoms with Crippen LogP contribution in [0.5, 0.6) is 0 Å². The maximum absolute atomic E-state index is 3.76. The van der Waals surface area contributed by atoms with Crippen molar-refractivity contribution in [2.45, 2.75) is 12.3 Å². The van der Waals surface area contributed by atoms with Gasteiger partial charge in [-0.2, -0.15) is 0 Å². The fourth-order valence-electron chi connectivity index (χ4n) is 11.3. The normalized spacial score (nSPS) is 16.8. The molecule has 0 saturated heterocycles. The van der Waals surface area contributed by atoms with Gasteiger partial charge in [0.25, 0.3) is 0 Å². The minimum Gasteiger partial charge on any atom is -0.360 e. The molecule has 0 bridgehead atoms. The molecule has 0 radical (unpaired) electrons. The van der Waals surface area contributed by atoms with Crippen molar-refractivity contribution < 1.29 is 0 Å². The summed E-state index contributed by atoms with van der Waals surface area (Å²) in [6.07, 6.45) is 19.8. The highest BCUT2D eigenvalue weighted by Gasteiger charge is 2.26. The van der Waals surface area contributed by atoms with Crippen LogP contribution in [0.4, 0.5) is 0 Å². The Morgan fingerprint density at radius 3 is 1.03 bits per heavy atom. The molecule has 4 aliphatic rings. The molecule has 0 saturated carbocycles. The van der Waals surface area contributed by atoms with E-state index in [9.17, 15) is 0 Å². The fourth-order valence-corrected chi connectivity index (χ4v) is 11.3. The summed E-state index contributed by atoms with van der Waals surface area (Å²) in [5.74, 6) is 0. The van der Waals surface area contributed by atoms with E-state index < -0.39 is 0 Å². The average molecular weight is 895 g/mol. The second kappa shape index (κ2) is 16.3. The molecule has 0 aliphatic carbocycles. The number of rotatable bonds is 7. The molecule has 330 valence electrons. The summed E-state index contributed by atoms with van der Waals surface area (Å²) < 4.78 is 0. The van der Waals surface area contributed by atoms with Crippen molar-refractivity contribution in [1.82, 2.24) is 20.4 Å². The van der Waals surface area contributed by atoms with Crippen LogP contribution in [0.3, 0.4) is 0 Å². The second-order valence-corrected chi connectivity index (χ2v) is 18.6. The number of hydrogen-bond donors (Lipinski definition) is 2. The zero-order valence-electron chi connectivity index (χ0n) is 38.3. The maximum Gasteiger partial charge on any atom is 0.123 e. The molecule has 10 aromatic rings. The van der Waals surface area contributed by atoms with Gasteiger partial charge < -0.3 is 20.4 Å². The predicted octanol–water partition coefficient (Wildman–Crippen LogP) is 15.7. The third-order valence-electron chi connectivity index (χ3n) is 14.6. The van der Waals surface area contributed by atoms with E-state index in [0.29, 0.717) is 0 Å². The Balaban J connectivity index is 0.816. The average Bonchev–Trinajstić information content (AvgIpc) is 4.07. The lowest BCUT2D eigenvalue weighted by atomic mass is 9.84. The first kappa shape index (κ1) is 40.0. The lowest BCUT2D eigenvalue weighted by molar-refractivity contribution is 0.427. The van der Waals surface area contributed by atoms with Crippen LogP contribution in [0.25, 0.3) is 105 Å². The first-order valence-electron chi connectivity index (χ1n) is 24.2. The number of nitrogens with one attached hydrogen (secondary N) is 2. The zero-order valence-corrected chi connectivity index (χ0v) is 38.3. The third-order valence-corrected chi connectivity index (χ3v) is 14.6. The standard InChI is InChI=1S/C66H46N4/c1-2-14-43(15-3-1)50-37-39-70-42-60(68-62(70)40-50)45-27-31-47(32-28-45)64-53-18-6-10-22-57(53)66(58-23-11-7-19-54(58)64)49-35-33-48(34-36-49)65-55-20-8-4-16-51(55)63(52-17-5-9-21-56(52)65)46-29-25-44(26-30-46)59-41-69-38-13-12-24-61(69)67-59/h1-42,61-62,67-68H. The number of fused-ring (bicyclic) bond motifs is 6. The summed E-state index contributed by atoms with van der Waals surface area (Å²) in [4.78, 5) is 4.46. The molecule has 4 heterocycles. The van der Waals surface area contributed by atoms with Gasteiger partial charge in [-0.1, -0.05) is 206 Å². The molecular formula is C66H46N4. The summed E-state index contributed by atoms with van der Waals surface area (Å²) in [6.45, 7) is 0. The molecule has 2 N–H and O–H groups in total. The van der Waals surface area contributed by atoms with Crippen molar-refractivity contribution in [2.75, 3.05) is 0 Å². The molecule has 10 aromatic carbocycles. The number of benzene rings is 10. The largest absolute Gasteiger partial charge is 0.360 e. The Morgan fingerprint density at radius 2 is 0.643 bits per heavy atom. The monoisotopic (exact) mass is 894 g/mol. The molecule has 0 fully saturated rings. The highest BCUT2D eigenvalue weighted by molar-refractivity contribution is 6.23. The van der Waals surface area contributed by atoms with Gasteiger partial charge in [0.2, 0.25) is 0 Å². The third kappa shape index (κ3) is 6.60. The molecular weight excluding hydrogens is 849 g/mol. The van der Waals surface area contributed by atoms with Crippen molar-refractivity contribution in [3.8, 4) is 44.5 Å². The van der Waals surface area contributed by atoms with E-state index in [2.05, 4.69) is 276 Å². The zero-order chi connectivity index (χ0) is 46.1. The van der Waals surface area contributed by atoms with Gasteiger partial charge in [0, 0.05) is 24.8 Å². The van der Waals surface area contributed by atoms with E-state index in [4.69, 9.17) is 0 Å². The first-order chi connectivity index (χ1) is 34.7. The Kier molecular flexibility index (Phi) is 9.31. The van der Waals surface area contributed by atoms with Crippen molar-refractivity contribution in [1.29, 1.82) is 0 Å². The van der Waals surface area contributed by atoms with Gasteiger partial charge in [-0.25, -0.2) is 0 Å². The molecule has 4 heteroatoms. The van der Waals surface area contributed by atoms with E-state index in [1.54, 1.807) is 0 Å². The fraction of sp³-hybridized carbons (Fsp3) is 0.0303. The Hall–Kier alpha value is -9.12. The van der Waals surface area contributed by atoms with Crippen LogP contribution in [-0.4, -0.2) is 22.1 Å². The van der Waals surface area contributed by atoms with Crippen molar-refractivity contribution in [3.05, 3.63) is 272 Å². The molecule has 4 aliphatic heterocycles. The van der Waals surface area contributed by atoms with E-state index in [1.165, 1.54) is 104 Å². The smallest absolute Gasteiger partial charge is 0.123 e. The van der Waals surface area contributed by atoms with Gasteiger partial charge in [0.05, 0.1) is 11.4 Å². The number of nitrogens with zero attached hydrogens (tertiary/aromatic N) is 2. The van der Waals surface area contributed by atoms with Gasteiger partial charge >= 0.3 is 0 Å². The lowest BCUT2D eigenvalue weighted by Gasteiger charge is -2.24.